The van der Waals surface area contributed by atoms with Crippen LogP contribution in [0, 0.1) is 5.92 Å². The van der Waals surface area contributed by atoms with E-state index >= 15 is 0 Å². The second-order valence-electron chi connectivity index (χ2n) is 5.05. The zero-order chi connectivity index (χ0) is 11.7. The standard InChI is InChI=1S/C15H19NO/c1-16-14(9-8-11-6-7-11)13-10-17-15-5-3-2-4-12(13)15/h2-5,10-11,14,16H,6-9H2,1H3. The van der Waals surface area contributed by atoms with E-state index in [4.69, 9.17) is 4.42 Å². The van der Waals surface area contributed by atoms with Gasteiger partial charge in [-0.25, -0.2) is 0 Å². The Morgan fingerprint density at radius 2 is 2.18 bits per heavy atom. The maximum absolute atomic E-state index is 5.61. The highest BCUT2D eigenvalue weighted by molar-refractivity contribution is 5.81. The maximum atomic E-state index is 5.61. The summed E-state index contributed by atoms with van der Waals surface area (Å²) in [6, 6.07) is 8.71. The second-order valence-corrected chi connectivity index (χ2v) is 5.05. The third-order valence-electron chi connectivity index (χ3n) is 3.80. The Balaban J connectivity index is 1.83. The van der Waals surface area contributed by atoms with Gasteiger partial charge in [-0.15, -0.1) is 0 Å². The molecule has 90 valence electrons. The lowest BCUT2D eigenvalue weighted by molar-refractivity contribution is 0.499. The Bertz CT molecular complexity index is 498. The first kappa shape index (κ1) is 10.8. The van der Waals surface area contributed by atoms with Gasteiger partial charge in [-0.3, -0.25) is 0 Å². The van der Waals surface area contributed by atoms with E-state index in [1.54, 1.807) is 0 Å². The Kier molecular flexibility index (Phi) is 2.89. The van der Waals surface area contributed by atoms with E-state index < -0.39 is 0 Å². The molecule has 1 heterocycles. The molecule has 2 heteroatoms. The molecule has 0 radical (unpaired) electrons. The van der Waals surface area contributed by atoms with Crippen LogP contribution in [0.4, 0.5) is 0 Å². The molecule has 1 saturated carbocycles. The first-order valence-electron chi connectivity index (χ1n) is 6.52. The van der Waals surface area contributed by atoms with Crippen LogP contribution in [0.2, 0.25) is 0 Å². The van der Waals surface area contributed by atoms with E-state index in [2.05, 4.69) is 17.4 Å². The van der Waals surface area contributed by atoms with Gasteiger partial charge in [0.1, 0.15) is 5.58 Å². The van der Waals surface area contributed by atoms with Crippen LogP contribution in [0.25, 0.3) is 11.0 Å². The number of hydrogen-bond donors (Lipinski definition) is 1. The summed E-state index contributed by atoms with van der Waals surface area (Å²) in [7, 11) is 2.04. The minimum absolute atomic E-state index is 0.430. The average molecular weight is 229 g/mol. The zero-order valence-corrected chi connectivity index (χ0v) is 10.3. The molecule has 2 aromatic rings. The summed E-state index contributed by atoms with van der Waals surface area (Å²) in [6.45, 7) is 0. The van der Waals surface area contributed by atoms with Crippen LogP contribution < -0.4 is 5.32 Å². The lowest BCUT2D eigenvalue weighted by Gasteiger charge is -2.14. The number of furan rings is 1. The fourth-order valence-electron chi connectivity index (χ4n) is 2.53. The van der Waals surface area contributed by atoms with E-state index in [1.807, 2.05) is 25.4 Å². The molecule has 1 N–H and O–H groups in total. The molecule has 0 saturated heterocycles. The summed E-state index contributed by atoms with van der Waals surface area (Å²) < 4.78 is 5.61. The fourth-order valence-corrected chi connectivity index (χ4v) is 2.53. The van der Waals surface area contributed by atoms with Crippen molar-refractivity contribution < 1.29 is 4.42 Å². The van der Waals surface area contributed by atoms with E-state index in [-0.39, 0.29) is 0 Å². The normalized spacial score (nSPS) is 17.5. The predicted octanol–water partition coefficient (Wildman–Crippen LogP) is 3.88. The van der Waals surface area contributed by atoms with Crippen LogP contribution in [0.1, 0.15) is 37.3 Å². The van der Waals surface area contributed by atoms with E-state index in [9.17, 15) is 0 Å². The number of para-hydroxylation sites is 1. The molecule has 1 atom stereocenters. The van der Waals surface area contributed by atoms with Crippen LogP contribution in [0.3, 0.4) is 0 Å². The third-order valence-corrected chi connectivity index (χ3v) is 3.80. The highest BCUT2D eigenvalue weighted by Crippen LogP contribution is 2.37. The van der Waals surface area contributed by atoms with Gasteiger partial charge in [-0.2, -0.15) is 0 Å². The monoisotopic (exact) mass is 229 g/mol. The Morgan fingerprint density at radius 1 is 1.35 bits per heavy atom. The Morgan fingerprint density at radius 3 is 2.94 bits per heavy atom. The molecule has 3 rings (SSSR count). The van der Waals surface area contributed by atoms with Gasteiger partial charge in [-0.05, 0) is 31.9 Å². The smallest absolute Gasteiger partial charge is 0.134 e. The van der Waals surface area contributed by atoms with Gasteiger partial charge < -0.3 is 9.73 Å². The minimum Gasteiger partial charge on any atom is -0.464 e. The summed E-state index contributed by atoms with van der Waals surface area (Å²) in [4.78, 5) is 0. The summed E-state index contributed by atoms with van der Waals surface area (Å²) in [5, 5.41) is 4.67. The van der Waals surface area contributed by atoms with Gasteiger partial charge in [0.05, 0.1) is 6.26 Å². The van der Waals surface area contributed by atoms with Gasteiger partial charge in [0.15, 0.2) is 0 Å². The van der Waals surface area contributed by atoms with Crippen LogP contribution >= 0.6 is 0 Å². The Hall–Kier alpha value is -1.28. The molecule has 0 bridgehead atoms. The summed E-state index contributed by atoms with van der Waals surface area (Å²) >= 11 is 0. The van der Waals surface area contributed by atoms with Crippen molar-refractivity contribution in [2.75, 3.05) is 7.05 Å². The largest absolute Gasteiger partial charge is 0.464 e. The van der Waals surface area contributed by atoms with Crippen molar-refractivity contribution in [2.45, 2.75) is 31.7 Å². The number of nitrogens with one attached hydrogen (secondary N) is 1. The molecule has 1 aliphatic carbocycles. The number of benzene rings is 1. The van der Waals surface area contributed by atoms with Crippen LogP contribution in [-0.4, -0.2) is 7.05 Å². The molecular formula is C15H19NO. The molecule has 0 amide bonds. The van der Waals surface area contributed by atoms with Crippen molar-refractivity contribution in [3.63, 3.8) is 0 Å². The molecule has 0 aliphatic heterocycles. The van der Waals surface area contributed by atoms with Crippen LogP contribution in [0.15, 0.2) is 34.9 Å². The van der Waals surface area contributed by atoms with Crippen molar-refractivity contribution in [1.82, 2.24) is 5.32 Å². The van der Waals surface area contributed by atoms with Crippen molar-refractivity contribution in [1.29, 1.82) is 0 Å². The van der Waals surface area contributed by atoms with Gasteiger partial charge in [0, 0.05) is 17.0 Å². The fraction of sp³-hybridized carbons (Fsp3) is 0.467. The summed E-state index contributed by atoms with van der Waals surface area (Å²) in [5.74, 6) is 0.990. The van der Waals surface area contributed by atoms with Crippen LogP contribution in [0.5, 0.6) is 0 Å². The highest BCUT2D eigenvalue weighted by atomic mass is 16.3. The molecule has 1 aromatic carbocycles. The average Bonchev–Trinajstić information content (AvgIpc) is 3.10. The quantitative estimate of drug-likeness (QED) is 0.841. The first-order chi connectivity index (χ1) is 8.38. The highest BCUT2D eigenvalue weighted by Gasteiger charge is 2.23. The van der Waals surface area contributed by atoms with Crippen molar-refractivity contribution in [3.8, 4) is 0 Å². The minimum atomic E-state index is 0.430. The van der Waals surface area contributed by atoms with Crippen molar-refractivity contribution in [3.05, 3.63) is 36.1 Å². The predicted molar refractivity (Wildman–Crippen MR) is 70.0 cm³/mol. The molecule has 1 unspecified atom stereocenters. The van der Waals surface area contributed by atoms with Gasteiger partial charge >= 0.3 is 0 Å². The first-order valence-corrected chi connectivity index (χ1v) is 6.52. The van der Waals surface area contributed by atoms with Crippen molar-refractivity contribution >= 4 is 11.0 Å². The molecule has 1 aromatic heterocycles. The van der Waals surface area contributed by atoms with Crippen molar-refractivity contribution in [2.24, 2.45) is 5.92 Å². The molecule has 0 spiro atoms. The lowest BCUT2D eigenvalue weighted by atomic mass is 10.00. The third kappa shape index (κ3) is 2.22. The topological polar surface area (TPSA) is 25.2 Å². The summed E-state index contributed by atoms with van der Waals surface area (Å²) in [6.07, 6.45) is 7.33. The number of hydrogen-bond acceptors (Lipinski definition) is 2. The van der Waals surface area contributed by atoms with E-state index in [0.717, 1.165) is 11.5 Å². The zero-order valence-electron chi connectivity index (χ0n) is 10.3. The Labute approximate surface area is 102 Å². The molecule has 1 aliphatic rings. The maximum Gasteiger partial charge on any atom is 0.134 e. The van der Waals surface area contributed by atoms with E-state index in [1.165, 1.54) is 36.6 Å². The van der Waals surface area contributed by atoms with E-state index in [0.29, 0.717) is 6.04 Å². The summed E-state index contributed by atoms with van der Waals surface area (Å²) in [5.41, 5.74) is 2.30. The van der Waals surface area contributed by atoms with Gasteiger partial charge in [0.2, 0.25) is 0 Å². The van der Waals surface area contributed by atoms with Gasteiger partial charge in [0.25, 0.3) is 0 Å². The number of rotatable bonds is 5. The number of fused-ring (bicyclic) bond motifs is 1. The molecule has 17 heavy (non-hydrogen) atoms. The molecule has 1 fully saturated rings. The second kappa shape index (κ2) is 4.53. The lowest BCUT2D eigenvalue weighted by Crippen LogP contribution is -2.16. The molecular weight excluding hydrogens is 210 g/mol. The SMILES string of the molecule is CNC(CCC1CC1)c1coc2ccccc12. The van der Waals surface area contributed by atoms with Crippen LogP contribution in [-0.2, 0) is 0 Å². The van der Waals surface area contributed by atoms with Gasteiger partial charge in [-0.1, -0.05) is 31.0 Å². The molecule has 2 nitrogen and oxygen atoms in total.